The number of rotatable bonds is 1. The van der Waals surface area contributed by atoms with E-state index in [-0.39, 0.29) is 4.92 Å². The van der Waals surface area contributed by atoms with E-state index in [0.717, 1.165) is 0 Å². The number of carbonyl (C=O) groups is 1. The van der Waals surface area contributed by atoms with Gasteiger partial charge in [-0.15, -0.1) is 0 Å². The van der Waals surface area contributed by atoms with Gasteiger partial charge in [0.05, 0.1) is 0 Å². The summed E-state index contributed by atoms with van der Waals surface area (Å²) >= 11 is 12.7. The van der Waals surface area contributed by atoms with Crippen molar-refractivity contribution in [3.05, 3.63) is 0 Å². The van der Waals surface area contributed by atoms with Gasteiger partial charge in [-0.3, -0.25) is 0 Å². The first-order valence-electron chi connectivity index (χ1n) is 3.06. The summed E-state index contributed by atoms with van der Waals surface area (Å²) in [5.41, 5.74) is -0.556. The molecule has 0 saturated carbocycles. The van der Waals surface area contributed by atoms with Gasteiger partial charge in [0.2, 0.25) is 0 Å². The van der Waals surface area contributed by atoms with E-state index < -0.39 is 11.7 Å². The van der Waals surface area contributed by atoms with Crippen LogP contribution in [0.15, 0.2) is 0 Å². The molecule has 0 N–H and O–H groups in total. The Balaban J connectivity index is 0. The van der Waals surface area contributed by atoms with Crippen molar-refractivity contribution in [2.75, 3.05) is 14.1 Å². The Labute approximate surface area is 121 Å². The van der Waals surface area contributed by atoms with Crippen LogP contribution in [0.3, 0.4) is 0 Å². The van der Waals surface area contributed by atoms with Crippen LogP contribution < -0.4 is 0 Å². The summed E-state index contributed by atoms with van der Waals surface area (Å²) in [6, 6.07) is 0. The number of halogens is 4. The number of ether oxygens (including phenoxy) is 1. The molecule has 0 aliphatic heterocycles. The van der Waals surface area contributed by atoms with Crippen LogP contribution in [-0.2, 0) is 9.66 Å². The van der Waals surface area contributed by atoms with E-state index >= 15 is 0 Å². The van der Waals surface area contributed by atoms with E-state index in [9.17, 15) is 4.79 Å². The standard InChI is InChI=1S/C5H10ClNO2.3HI.V/c1-4(6)9-5(8)7(2)3;;;;/h4H,1-3H3;3*1H;/q;;;;+3/p-3. The first-order valence-corrected chi connectivity index (χ1v) is 17.0. The van der Waals surface area contributed by atoms with Crippen molar-refractivity contribution < 1.29 is 14.5 Å². The minimum atomic E-state index is -0.556. The van der Waals surface area contributed by atoms with E-state index in [4.69, 9.17) is 11.6 Å². The van der Waals surface area contributed by atoms with Gasteiger partial charge >= 0.3 is 71.0 Å². The van der Waals surface area contributed by atoms with Gasteiger partial charge in [0.15, 0.2) is 5.56 Å². The van der Waals surface area contributed by atoms with Crippen molar-refractivity contribution in [1.29, 1.82) is 0 Å². The number of hydrogen-bond acceptors (Lipinski definition) is 2. The molecule has 0 fully saturated rings. The Hall–Kier alpha value is 2.33. The van der Waals surface area contributed by atoms with E-state index in [1.807, 2.05) is 0 Å². The van der Waals surface area contributed by atoms with Gasteiger partial charge in [-0.05, 0) is 6.92 Å². The second-order valence-corrected chi connectivity index (χ2v) is 38.0. The summed E-state index contributed by atoms with van der Waals surface area (Å²) in [7, 11) is 3.20. The molecule has 0 bridgehead atoms. The molecule has 0 heterocycles. The number of amides is 1. The van der Waals surface area contributed by atoms with Crippen LogP contribution in [0.1, 0.15) is 6.92 Å². The third-order valence-electron chi connectivity index (χ3n) is 0.628. The van der Waals surface area contributed by atoms with Crippen LogP contribution in [0.4, 0.5) is 4.79 Å². The normalized spacial score (nSPS) is 11.4. The second-order valence-electron chi connectivity index (χ2n) is 2.01. The summed E-state index contributed by atoms with van der Waals surface area (Å²) in [4.78, 5) is 11.6. The van der Waals surface area contributed by atoms with Crippen molar-refractivity contribution in [1.82, 2.24) is 4.90 Å². The van der Waals surface area contributed by atoms with E-state index in [1.54, 1.807) is 21.0 Å². The summed E-state index contributed by atoms with van der Waals surface area (Å²) < 4.78 is 4.56. The van der Waals surface area contributed by atoms with Crippen molar-refractivity contribution >= 4 is 77.6 Å². The zero-order chi connectivity index (χ0) is 11.0. The van der Waals surface area contributed by atoms with Gasteiger partial charge < -0.3 is 9.64 Å². The number of carbonyl (C=O) groups excluding carboxylic acids is 1. The molecule has 0 rings (SSSR count). The molecule has 3 nitrogen and oxygen atoms in total. The summed E-state index contributed by atoms with van der Waals surface area (Å²) in [6.45, 7) is 1.59. The van der Waals surface area contributed by atoms with Gasteiger partial charge in [-0.2, -0.15) is 0 Å². The molecule has 1 unspecified atom stereocenters. The molecule has 80 valence electrons. The van der Waals surface area contributed by atoms with Crippen molar-refractivity contribution in [3.63, 3.8) is 0 Å². The fourth-order valence-corrected chi connectivity index (χ4v) is 0.321. The monoisotopic (exact) mass is 583 g/mol. The fourth-order valence-electron chi connectivity index (χ4n) is 0.244. The SMILES string of the molecule is CC(Cl)OC(=O)N(C)C.[I][V]([I])[I]. The Morgan fingerprint density at radius 2 is 1.77 bits per heavy atom. The minimum absolute atomic E-state index is 0.278. The van der Waals surface area contributed by atoms with E-state index in [1.165, 1.54) is 4.90 Å². The van der Waals surface area contributed by atoms with Crippen molar-refractivity contribution in [2.24, 2.45) is 0 Å². The molecule has 0 aliphatic rings. The van der Waals surface area contributed by atoms with Gasteiger partial charge in [0.1, 0.15) is 0 Å². The first-order chi connectivity index (χ1) is 5.77. The van der Waals surface area contributed by atoms with Crippen molar-refractivity contribution in [2.45, 2.75) is 12.5 Å². The molecule has 0 aliphatic carbocycles. The fraction of sp³-hybridized carbons (Fsp3) is 0.800. The molecular formula is C5H10ClI3NO2V. The predicted octanol–water partition coefficient (Wildman–Crippen LogP) is 3.92. The van der Waals surface area contributed by atoms with E-state index in [0.29, 0.717) is 0 Å². The quantitative estimate of drug-likeness (QED) is 0.346. The molecule has 0 spiro atoms. The molecule has 1 atom stereocenters. The maximum atomic E-state index is 10.6. The zero-order valence-corrected chi connectivity index (χ0v) is 15.9. The van der Waals surface area contributed by atoms with Crippen LogP contribution in [-0.4, -0.2) is 30.7 Å². The molecule has 0 saturated heterocycles. The van der Waals surface area contributed by atoms with Gasteiger partial charge in [-0.25, -0.2) is 4.79 Å². The van der Waals surface area contributed by atoms with Gasteiger partial charge in [0, 0.05) is 14.1 Å². The summed E-state index contributed by atoms with van der Waals surface area (Å²) in [6.07, 6.45) is -0.419. The zero-order valence-electron chi connectivity index (χ0n) is 7.30. The van der Waals surface area contributed by atoms with Crippen LogP contribution in [0.2, 0.25) is 0 Å². The molecule has 0 aromatic heterocycles. The molecule has 0 aromatic carbocycles. The molecule has 13 heavy (non-hydrogen) atoms. The Morgan fingerprint density at radius 3 is 1.85 bits per heavy atom. The van der Waals surface area contributed by atoms with Gasteiger partial charge in [-0.1, -0.05) is 11.6 Å². The summed E-state index contributed by atoms with van der Waals surface area (Å²) in [5, 5.41) is 0. The van der Waals surface area contributed by atoms with Crippen LogP contribution in [0, 0.1) is 0 Å². The third kappa shape index (κ3) is 20.4. The maximum absolute atomic E-state index is 10.6. The number of alkyl halides is 1. The third-order valence-corrected chi connectivity index (χ3v) is 0.717. The number of hydrogen-bond donors (Lipinski definition) is 0. The molecule has 0 radical (unpaired) electrons. The average Bonchev–Trinajstić information content (AvgIpc) is 1.83. The second kappa shape index (κ2) is 10.8. The molecule has 8 heteroatoms. The molecular weight excluding hydrogens is 573 g/mol. The van der Waals surface area contributed by atoms with E-state index in [2.05, 4.69) is 64.7 Å². The molecule has 1 amide bonds. The Kier molecular flexibility index (Phi) is 14.8. The van der Waals surface area contributed by atoms with Crippen LogP contribution >= 0.6 is 71.5 Å². The first kappa shape index (κ1) is 17.7. The topological polar surface area (TPSA) is 29.5 Å². The predicted molar refractivity (Wildman–Crippen MR) is 77.5 cm³/mol. The summed E-state index contributed by atoms with van der Waals surface area (Å²) in [5.74, 6) is 0. The van der Waals surface area contributed by atoms with Crippen molar-refractivity contribution in [3.8, 4) is 0 Å². The number of nitrogens with zero attached hydrogens (tertiary/aromatic N) is 1. The van der Waals surface area contributed by atoms with Crippen LogP contribution in [0.25, 0.3) is 0 Å². The van der Waals surface area contributed by atoms with Crippen LogP contribution in [0.5, 0.6) is 0 Å². The Bertz CT molecular complexity index is 145. The van der Waals surface area contributed by atoms with Gasteiger partial charge in [0.25, 0.3) is 0 Å². The average molecular weight is 583 g/mol. The Morgan fingerprint density at radius 1 is 1.46 bits per heavy atom. The molecule has 0 aromatic rings.